The highest BCUT2D eigenvalue weighted by Crippen LogP contribution is 2.09. The van der Waals surface area contributed by atoms with Crippen LogP contribution in [-0.2, 0) is 14.6 Å². The summed E-state index contributed by atoms with van der Waals surface area (Å²) < 4.78 is 21.7. The Morgan fingerprint density at radius 1 is 1.21 bits per heavy atom. The Hall–Kier alpha value is -1.31. The van der Waals surface area contributed by atoms with Gasteiger partial charge in [0.25, 0.3) is 0 Å². The van der Waals surface area contributed by atoms with E-state index in [-0.39, 0.29) is 24.8 Å². The van der Waals surface area contributed by atoms with Crippen LogP contribution in [0.15, 0.2) is 0 Å². The first-order valence-electron chi connectivity index (χ1n) is 6.05. The largest absolute Gasteiger partial charge is 0.481 e. The van der Waals surface area contributed by atoms with Gasteiger partial charge < -0.3 is 15.7 Å². The first kappa shape index (κ1) is 17.7. The third-order valence-electron chi connectivity index (χ3n) is 2.58. The van der Waals surface area contributed by atoms with E-state index in [4.69, 9.17) is 5.11 Å². The van der Waals surface area contributed by atoms with Crippen LogP contribution in [0.5, 0.6) is 0 Å². The highest BCUT2D eigenvalue weighted by atomic mass is 32.2. The molecule has 0 aliphatic heterocycles. The van der Waals surface area contributed by atoms with Crippen LogP contribution in [0.1, 0.15) is 20.3 Å². The van der Waals surface area contributed by atoms with Gasteiger partial charge in [0.05, 0.1) is 11.7 Å². The molecule has 0 heterocycles. The van der Waals surface area contributed by atoms with E-state index in [2.05, 4.69) is 10.6 Å². The molecule has 0 saturated carbocycles. The van der Waals surface area contributed by atoms with Gasteiger partial charge in [-0.15, -0.1) is 0 Å². The van der Waals surface area contributed by atoms with Crippen molar-refractivity contribution in [1.29, 1.82) is 0 Å². The Kier molecular flexibility index (Phi) is 7.43. The van der Waals surface area contributed by atoms with E-state index >= 15 is 0 Å². The van der Waals surface area contributed by atoms with Crippen LogP contribution >= 0.6 is 0 Å². The van der Waals surface area contributed by atoms with E-state index < -0.39 is 27.8 Å². The van der Waals surface area contributed by atoms with Gasteiger partial charge in [0.1, 0.15) is 9.84 Å². The molecular weight excluding hydrogens is 272 g/mol. The summed E-state index contributed by atoms with van der Waals surface area (Å²) in [5.41, 5.74) is 0. The molecule has 0 fully saturated rings. The van der Waals surface area contributed by atoms with Crippen molar-refractivity contribution in [3.05, 3.63) is 0 Å². The molecule has 0 aromatic heterocycles. The maximum Gasteiger partial charge on any atom is 0.314 e. The second-order valence-corrected chi connectivity index (χ2v) is 7.07. The minimum absolute atomic E-state index is 0.0109. The third kappa shape index (κ3) is 9.29. The van der Waals surface area contributed by atoms with E-state index in [1.54, 1.807) is 13.8 Å². The number of hydrogen-bond donors (Lipinski definition) is 3. The molecule has 0 rings (SSSR count). The molecule has 2 amide bonds. The number of amides is 2. The van der Waals surface area contributed by atoms with Crippen LogP contribution < -0.4 is 10.6 Å². The van der Waals surface area contributed by atoms with Gasteiger partial charge in [-0.3, -0.25) is 4.79 Å². The Morgan fingerprint density at radius 3 is 2.21 bits per heavy atom. The predicted octanol–water partition coefficient (Wildman–Crippen LogP) is 0.0771. The van der Waals surface area contributed by atoms with Gasteiger partial charge >= 0.3 is 12.0 Å². The molecule has 1 unspecified atom stereocenters. The molecule has 0 saturated heterocycles. The van der Waals surface area contributed by atoms with Crippen molar-refractivity contribution in [3.8, 4) is 0 Å². The molecule has 0 aromatic carbocycles. The molecule has 1 atom stereocenters. The van der Waals surface area contributed by atoms with Gasteiger partial charge in [-0.2, -0.15) is 0 Å². The molecule has 7 nitrogen and oxygen atoms in total. The number of rotatable bonds is 8. The third-order valence-corrected chi connectivity index (χ3v) is 3.61. The van der Waals surface area contributed by atoms with Crippen LogP contribution in [0.2, 0.25) is 0 Å². The number of carboxylic acid groups (broad SMARTS) is 1. The van der Waals surface area contributed by atoms with Crippen molar-refractivity contribution < 1.29 is 23.1 Å². The van der Waals surface area contributed by atoms with Gasteiger partial charge in [0, 0.05) is 19.3 Å². The average molecular weight is 294 g/mol. The normalized spacial score (nSPS) is 13.1. The van der Waals surface area contributed by atoms with Crippen molar-refractivity contribution in [2.24, 2.45) is 11.8 Å². The molecule has 8 heteroatoms. The number of aliphatic carboxylic acids is 1. The van der Waals surface area contributed by atoms with Gasteiger partial charge in [-0.05, 0) is 12.3 Å². The summed E-state index contributed by atoms with van der Waals surface area (Å²) in [6, 6.07) is -0.486. The van der Waals surface area contributed by atoms with E-state index in [0.717, 1.165) is 6.26 Å². The van der Waals surface area contributed by atoms with Crippen LogP contribution in [0.4, 0.5) is 4.79 Å². The van der Waals surface area contributed by atoms with Crippen LogP contribution in [0.25, 0.3) is 0 Å². The summed E-state index contributed by atoms with van der Waals surface area (Å²) in [6.07, 6.45) is 1.46. The summed E-state index contributed by atoms with van der Waals surface area (Å²) in [5.74, 6) is -1.66. The summed E-state index contributed by atoms with van der Waals surface area (Å²) in [5, 5.41) is 13.9. The zero-order chi connectivity index (χ0) is 15.1. The molecule has 0 bridgehead atoms. The minimum atomic E-state index is -3.02. The van der Waals surface area contributed by atoms with Gasteiger partial charge in [0.15, 0.2) is 0 Å². The Morgan fingerprint density at radius 2 is 1.79 bits per heavy atom. The van der Waals surface area contributed by atoms with Gasteiger partial charge in [-0.25, -0.2) is 13.2 Å². The Bertz CT molecular complexity index is 405. The molecule has 0 aliphatic carbocycles. The highest BCUT2D eigenvalue weighted by molar-refractivity contribution is 7.90. The SMILES string of the molecule is CC(C)C(CNC(=O)NCCCS(C)(=O)=O)C(=O)O. The van der Waals surface area contributed by atoms with E-state index in [1.165, 1.54) is 0 Å². The first-order chi connectivity index (χ1) is 8.63. The summed E-state index contributed by atoms with van der Waals surface area (Å²) in [4.78, 5) is 22.2. The zero-order valence-electron chi connectivity index (χ0n) is 11.5. The lowest BCUT2D eigenvalue weighted by molar-refractivity contribution is -0.142. The number of carbonyl (C=O) groups excluding carboxylic acids is 1. The molecule has 19 heavy (non-hydrogen) atoms. The molecular formula is C11H22N2O5S. The number of nitrogens with one attached hydrogen (secondary N) is 2. The van der Waals surface area contributed by atoms with Gasteiger partial charge in [0.2, 0.25) is 0 Å². The van der Waals surface area contributed by atoms with Crippen molar-refractivity contribution >= 4 is 21.8 Å². The standard InChI is InChI=1S/C11H22N2O5S/c1-8(2)9(10(14)15)7-13-11(16)12-5-4-6-19(3,17)18/h8-9H,4-7H2,1-3H3,(H,14,15)(H2,12,13,16). The van der Waals surface area contributed by atoms with Crippen molar-refractivity contribution in [3.63, 3.8) is 0 Å². The molecule has 0 radical (unpaired) electrons. The van der Waals surface area contributed by atoms with E-state index in [1.807, 2.05) is 0 Å². The Labute approximate surface area is 113 Å². The van der Waals surface area contributed by atoms with Crippen molar-refractivity contribution in [2.75, 3.05) is 25.1 Å². The average Bonchev–Trinajstić information content (AvgIpc) is 2.22. The number of hydrogen-bond acceptors (Lipinski definition) is 4. The lowest BCUT2D eigenvalue weighted by Crippen LogP contribution is -2.41. The second-order valence-electron chi connectivity index (χ2n) is 4.81. The molecule has 3 N–H and O–H groups in total. The highest BCUT2D eigenvalue weighted by Gasteiger charge is 2.21. The fourth-order valence-electron chi connectivity index (χ4n) is 1.41. The maximum absolute atomic E-state index is 11.4. The number of carboxylic acids is 1. The van der Waals surface area contributed by atoms with Gasteiger partial charge in [-0.1, -0.05) is 13.8 Å². The fraction of sp³-hybridized carbons (Fsp3) is 0.818. The minimum Gasteiger partial charge on any atom is -0.481 e. The first-order valence-corrected chi connectivity index (χ1v) is 8.11. The number of carbonyl (C=O) groups is 2. The summed E-state index contributed by atoms with van der Waals surface area (Å²) in [7, 11) is -3.02. The van der Waals surface area contributed by atoms with Crippen LogP contribution in [-0.4, -0.2) is 50.6 Å². The topological polar surface area (TPSA) is 113 Å². The number of sulfone groups is 1. The molecule has 112 valence electrons. The maximum atomic E-state index is 11.4. The quantitative estimate of drug-likeness (QED) is 0.549. The lowest BCUT2D eigenvalue weighted by atomic mass is 9.96. The molecule has 0 aliphatic rings. The second kappa shape index (κ2) is 7.98. The Balaban J connectivity index is 3.90. The molecule has 0 spiro atoms. The van der Waals surface area contributed by atoms with Crippen molar-refractivity contribution in [1.82, 2.24) is 10.6 Å². The van der Waals surface area contributed by atoms with Crippen LogP contribution in [0.3, 0.4) is 0 Å². The monoisotopic (exact) mass is 294 g/mol. The summed E-state index contributed by atoms with van der Waals surface area (Å²) in [6.45, 7) is 3.82. The van der Waals surface area contributed by atoms with E-state index in [9.17, 15) is 18.0 Å². The van der Waals surface area contributed by atoms with Crippen molar-refractivity contribution in [2.45, 2.75) is 20.3 Å². The predicted molar refractivity (Wildman–Crippen MR) is 71.7 cm³/mol. The smallest absolute Gasteiger partial charge is 0.314 e. The van der Waals surface area contributed by atoms with Crippen LogP contribution in [0, 0.1) is 11.8 Å². The zero-order valence-corrected chi connectivity index (χ0v) is 12.3. The summed E-state index contributed by atoms with van der Waals surface area (Å²) >= 11 is 0. The van der Waals surface area contributed by atoms with E-state index in [0.29, 0.717) is 6.42 Å². The fourth-order valence-corrected chi connectivity index (χ4v) is 2.08. The molecule has 0 aromatic rings. The lowest BCUT2D eigenvalue weighted by Gasteiger charge is -2.16. The number of urea groups is 1.